The predicted octanol–water partition coefficient (Wildman–Crippen LogP) is 2.18. The first kappa shape index (κ1) is 11.6. The summed E-state index contributed by atoms with van der Waals surface area (Å²) in [6, 6.07) is 6.74. The first-order valence-electron chi connectivity index (χ1n) is 6.04. The zero-order valence-corrected chi connectivity index (χ0v) is 10.5. The number of hydrogen-bond donors (Lipinski definition) is 1. The molecule has 0 aliphatic carbocycles. The van der Waals surface area contributed by atoms with Gasteiger partial charge < -0.3 is 10.1 Å². The summed E-state index contributed by atoms with van der Waals surface area (Å²) < 4.78 is 5.43. The highest BCUT2D eigenvalue weighted by atomic mass is 16.5. The third kappa shape index (κ3) is 2.00. The topological polar surface area (TPSA) is 21.3 Å². The molecule has 1 aliphatic rings. The second kappa shape index (κ2) is 4.56. The van der Waals surface area contributed by atoms with E-state index >= 15 is 0 Å². The van der Waals surface area contributed by atoms with Crippen LogP contribution in [0.1, 0.15) is 23.6 Å². The van der Waals surface area contributed by atoms with Crippen LogP contribution in [0.25, 0.3) is 0 Å². The van der Waals surface area contributed by atoms with Crippen LogP contribution in [0.5, 0.6) is 0 Å². The quantitative estimate of drug-likeness (QED) is 0.838. The molecule has 1 N–H and O–H groups in total. The lowest BCUT2D eigenvalue weighted by molar-refractivity contribution is -0.0591. The lowest BCUT2D eigenvalue weighted by atomic mass is 9.76. The highest BCUT2D eigenvalue weighted by Crippen LogP contribution is 2.34. The third-order valence-electron chi connectivity index (χ3n) is 3.42. The van der Waals surface area contributed by atoms with E-state index < -0.39 is 0 Å². The molecule has 0 radical (unpaired) electrons. The van der Waals surface area contributed by atoms with Crippen molar-refractivity contribution in [2.75, 3.05) is 26.3 Å². The van der Waals surface area contributed by atoms with E-state index in [4.69, 9.17) is 4.74 Å². The predicted molar refractivity (Wildman–Crippen MR) is 67.0 cm³/mol. The van der Waals surface area contributed by atoms with Crippen LogP contribution in [0.4, 0.5) is 0 Å². The standard InChI is InChI=1S/C14H21NO/c1-4-15-8-14(9-16-10-14)13-6-5-11(2)7-12(13)3/h5-7,15H,4,8-10H2,1-3H3. The normalized spacial score (nSPS) is 18.2. The maximum Gasteiger partial charge on any atom is 0.0598 e. The first-order valence-corrected chi connectivity index (χ1v) is 6.04. The van der Waals surface area contributed by atoms with E-state index in [0.29, 0.717) is 0 Å². The Morgan fingerprint density at radius 1 is 1.31 bits per heavy atom. The summed E-state index contributed by atoms with van der Waals surface area (Å²) in [6.07, 6.45) is 0. The van der Waals surface area contributed by atoms with Gasteiger partial charge in [0.05, 0.1) is 18.6 Å². The zero-order valence-electron chi connectivity index (χ0n) is 10.5. The van der Waals surface area contributed by atoms with Crippen molar-refractivity contribution in [2.45, 2.75) is 26.2 Å². The number of benzene rings is 1. The van der Waals surface area contributed by atoms with Gasteiger partial charge in [0, 0.05) is 6.54 Å². The van der Waals surface area contributed by atoms with Crippen molar-refractivity contribution in [3.8, 4) is 0 Å². The summed E-state index contributed by atoms with van der Waals surface area (Å²) in [5.74, 6) is 0. The lowest BCUT2D eigenvalue weighted by Gasteiger charge is -2.43. The monoisotopic (exact) mass is 219 g/mol. The zero-order chi connectivity index (χ0) is 11.6. The Bertz CT molecular complexity index is 369. The number of aryl methyl sites for hydroxylation is 2. The number of nitrogens with one attached hydrogen (secondary N) is 1. The molecule has 0 saturated carbocycles. The molecule has 16 heavy (non-hydrogen) atoms. The molecule has 1 fully saturated rings. The van der Waals surface area contributed by atoms with E-state index in [0.717, 1.165) is 26.3 Å². The molecule has 2 nitrogen and oxygen atoms in total. The van der Waals surface area contributed by atoms with Crippen LogP contribution in [0, 0.1) is 13.8 Å². The smallest absolute Gasteiger partial charge is 0.0598 e. The van der Waals surface area contributed by atoms with Crippen molar-refractivity contribution in [1.82, 2.24) is 5.32 Å². The van der Waals surface area contributed by atoms with E-state index in [1.807, 2.05) is 0 Å². The highest BCUT2D eigenvalue weighted by Gasteiger charge is 2.40. The van der Waals surface area contributed by atoms with Gasteiger partial charge in [-0.3, -0.25) is 0 Å². The lowest BCUT2D eigenvalue weighted by Crippen LogP contribution is -2.53. The molecule has 1 aromatic rings. The molecule has 1 saturated heterocycles. The van der Waals surface area contributed by atoms with Crippen molar-refractivity contribution >= 4 is 0 Å². The van der Waals surface area contributed by atoms with Gasteiger partial charge in [-0.25, -0.2) is 0 Å². The summed E-state index contributed by atoms with van der Waals surface area (Å²) in [5, 5.41) is 3.45. The van der Waals surface area contributed by atoms with E-state index in [9.17, 15) is 0 Å². The van der Waals surface area contributed by atoms with Gasteiger partial charge in [-0.1, -0.05) is 30.7 Å². The molecule has 0 atom stereocenters. The van der Waals surface area contributed by atoms with Gasteiger partial charge in [0.25, 0.3) is 0 Å². The van der Waals surface area contributed by atoms with Crippen LogP contribution >= 0.6 is 0 Å². The molecule has 88 valence electrons. The molecule has 2 rings (SSSR count). The fraction of sp³-hybridized carbons (Fsp3) is 0.571. The van der Waals surface area contributed by atoms with E-state index in [2.05, 4.69) is 44.3 Å². The Labute approximate surface area is 98.0 Å². The molecular formula is C14H21NO. The van der Waals surface area contributed by atoms with Crippen molar-refractivity contribution < 1.29 is 4.74 Å². The van der Waals surface area contributed by atoms with Crippen LogP contribution in [0.15, 0.2) is 18.2 Å². The summed E-state index contributed by atoms with van der Waals surface area (Å²) in [5.41, 5.74) is 4.39. The van der Waals surface area contributed by atoms with Crippen LogP contribution < -0.4 is 5.32 Å². The molecule has 1 aromatic carbocycles. The van der Waals surface area contributed by atoms with Gasteiger partial charge in [-0.15, -0.1) is 0 Å². The summed E-state index contributed by atoms with van der Waals surface area (Å²) >= 11 is 0. The average Bonchev–Trinajstić information content (AvgIpc) is 2.19. The van der Waals surface area contributed by atoms with Gasteiger partial charge in [-0.2, -0.15) is 0 Å². The molecule has 1 heterocycles. The molecule has 2 heteroatoms. The van der Waals surface area contributed by atoms with Crippen LogP contribution in [0.3, 0.4) is 0 Å². The average molecular weight is 219 g/mol. The fourth-order valence-corrected chi connectivity index (χ4v) is 2.47. The maximum atomic E-state index is 5.43. The van der Waals surface area contributed by atoms with Gasteiger partial charge in [0.1, 0.15) is 0 Å². The summed E-state index contributed by atoms with van der Waals surface area (Å²) in [7, 11) is 0. The first-order chi connectivity index (χ1) is 7.68. The molecule has 0 spiro atoms. The Morgan fingerprint density at radius 3 is 2.56 bits per heavy atom. The Morgan fingerprint density at radius 2 is 2.06 bits per heavy atom. The van der Waals surface area contributed by atoms with Crippen molar-refractivity contribution in [3.63, 3.8) is 0 Å². The Kier molecular flexibility index (Phi) is 3.31. The van der Waals surface area contributed by atoms with Crippen LogP contribution in [0.2, 0.25) is 0 Å². The number of ether oxygens (including phenoxy) is 1. The molecule has 0 bridgehead atoms. The fourth-order valence-electron chi connectivity index (χ4n) is 2.47. The largest absolute Gasteiger partial charge is 0.379 e. The number of likely N-dealkylation sites (N-methyl/N-ethyl adjacent to an activating group) is 1. The summed E-state index contributed by atoms with van der Waals surface area (Å²) in [4.78, 5) is 0. The molecule has 0 aromatic heterocycles. The minimum atomic E-state index is 0.216. The van der Waals surface area contributed by atoms with Gasteiger partial charge in [0.2, 0.25) is 0 Å². The minimum absolute atomic E-state index is 0.216. The SMILES string of the molecule is CCNCC1(c2ccc(C)cc2C)COC1. The van der Waals surface area contributed by atoms with E-state index in [1.165, 1.54) is 16.7 Å². The molecule has 0 amide bonds. The molecular weight excluding hydrogens is 198 g/mol. The van der Waals surface area contributed by atoms with Gasteiger partial charge in [-0.05, 0) is 31.5 Å². The van der Waals surface area contributed by atoms with Crippen molar-refractivity contribution in [2.24, 2.45) is 0 Å². The van der Waals surface area contributed by atoms with Crippen LogP contribution in [-0.2, 0) is 10.2 Å². The Hall–Kier alpha value is -0.860. The van der Waals surface area contributed by atoms with E-state index in [-0.39, 0.29) is 5.41 Å². The summed E-state index contributed by atoms with van der Waals surface area (Å²) in [6.45, 7) is 10.2. The molecule has 0 unspecified atom stereocenters. The number of rotatable bonds is 4. The highest BCUT2D eigenvalue weighted by molar-refractivity contribution is 5.38. The third-order valence-corrected chi connectivity index (χ3v) is 3.42. The van der Waals surface area contributed by atoms with Crippen molar-refractivity contribution in [1.29, 1.82) is 0 Å². The van der Waals surface area contributed by atoms with Crippen LogP contribution in [-0.4, -0.2) is 26.3 Å². The second-order valence-corrected chi connectivity index (χ2v) is 4.87. The van der Waals surface area contributed by atoms with E-state index in [1.54, 1.807) is 0 Å². The van der Waals surface area contributed by atoms with Crippen molar-refractivity contribution in [3.05, 3.63) is 34.9 Å². The van der Waals surface area contributed by atoms with Gasteiger partial charge in [0.15, 0.2) is 0 Å². The Balaban J connectivity index is 2.26. The molecule has 1 aliphatic heterocycles. The number of hydrogen-bond acceptors (Lipinski definition) is 2. The maximum absolute atomic E-state index is 5.43. The minimum Gasteiger partial charge on any atom is -0.379 e. The van der Waals surface area contributed by atoms with Gasteiger partial charge >= 0.3 is 0 Å². The second-order valence-electron chi connectivity index (χ2n) is 4.87.